The van der Waals surface area contributed by atoms with Gasteiger partial charge in [0.2, 0.25) is 0 Å². The van der Waals surface area contributed by atoms with E-state index in [1.807, 2.05) is 0 Å². The summed E-state index contributed by atoms with van der Waals surface area (Å²) in [5.74, 6) is 2.45. The van der Waals surface area contributed by atoms with Crippen molar-refractivity contribution in [3.05, 3.63) is 181 Å². The van der Waals surface area contributed by atoms with Crippen molar-refractivity contribution in [2.75, 3.05) is 0 Å². The number of nitrogens with zero attached hydrogens (tertiary/aromatic N) is 2. The fourth-order valence-corrected chi connectivity index (χ4v) is 12.6. The van der Waals surface area contributed by atoms with E-state index >= 15 is 0 Å². The average molecular weight is 759 g/mol. The summed E-state index contributed by atoms with van der Waals surface area (Å²) in [7, 11) is 0. The van der Waals surface area contributed by atoms with Crippen LogP contribution in [0.4, 0.5) is 0 Å². The first-order valence-corrected chi connectivity index (χ1v) is 22.0. The minimum atomic E-state index is 0.105. The SMILES string of the molecule is CCC1CC2CCC3(c4ccccc4-c4ccc(-n5c6ccccc6c6cc(-c7ccc8c(c7)c7ccccc7n8-c7ccc8ccccc8c7)ccc65)cc43)C(C1)C2. The second kappa shape index (κ2) is 12.6. The number of aromatic nitrogens is 2. The molecule has 2 heterocycles. The number of hydrogen-bond donors (Lipinski definition) is 0. The van der Waals surface area contributed by atoms with Gasteiger partial charge < -0.3 is 9.13 Å². The summed E-state index contributed by atoms with van der Waals surface area (Å²) in [6.07, 6.45) is 8.10. The van der Waals surface area contributed by atoms with Crippen molar-refractivity contribution in [3.8, 4) is 33.6 Å². The smallest absolute Gasteiger partial charge is 0.0541 e. The molecule has 1 spiro atoms. The van der Waals surface area contributed by atoms with E-state index in [0.717, 1.165) is 11.8 Å². The molecular weight excluding hydrogens is 713 g/mol. The van der Waals surface area contributed by atoms with Gasteiger partial charge in [0.25, 0.3) is 0 Å². The molecule has 3 aliphatic carbocycles. The highest BCUT2D eigenvalue weighted by Gasteiger charge is 2.53. The number of hydrogen-bond acceptors (Lipinski definition) is 0. The molecule has 10 aromatic rings. The van der Waals surface area contributed by atoms with Gasteiger partial charge in [0.1, 0.15) is 0 Å². The van der Waals surface area contributed by atoms with Gasteiger partial charge in [-0.3, -0.25) is 0 Å². The van der Waals surface area contributed by atoms with Crippen LogP contribution in [0.2, 0.25) is 0 Å². The summed E-state index contributed by atoms with van der Waals surface area (Å²) in [4.78, 5) is 0. The van der Waals surface area contributed by atoms with Gasteiger partial charge in [0.15, 0.2) is 0 Å². The highest BCUT2D eigenvalue weighted by Crippen LogP contribution is 2.63. The van der Waals surface area contributed by atoms with Crippen LogP contribution in [0, 0.1) is 17.8 Å². The van der Waals surface area contributed by atoms with Gasteiger partial charge in [-0.15, -0.1) is 0 Å². The lowest BCUT2D eigenvalue weighted by atomic mass is 9.53. The predicted octanol–water partition coefficient (Wildman–Crippen LogP) is 15.2. The van der Waals surface area contributed by atoms with Crippen molar-refractivity contribution in [2.45, 2.75) is 50.9 Å². The van der Waals surface area contributed by atoms with Gasteiger partial charge in [0, 0.05) is 38.3 Å². The molecule has 0 aliphatic heterocycles. The van der Waals surface area contributed by atoms with E-state index in [9.17, 15) is 0 Å². The summed E-state index contributed by atoms with van der Waals surface area (Å²) >= 11 is 0. The summed E-state index contributed by atoms with van der Waals surface area (Å²) in [5, 5.41) is 7.67. The van der Waals surface area contributed by atoms with E-state index in [1.54, 1.807) is 11.1 Å². The minimum Gasteiger partial charge on any atom is -0.309 e. The van der Waals surface area contributed by atoms with E-state index in [4.69, 9.17) is 0 Å². The Morgan fingerprint density at radius 2 is 1.07 bits per heavy atom. The molecule has 8 aromatic carbocycles. The average Bonchev–Trinajstić information content (AvgIpc) is 3.91. The highest BCUT2D eigenvalue weighted by molar-refractivity contribution is 6.13. The van der Waals surface area contributed by atoms with Crippen molar-refractivity contribution in [1.82, 2.24) is 9.13 Å². The predicted molar refractivity (Wildman–Crippen MR) is 248 cm³/mol. The van der Waals surface area contributed by atoms with Crippen molar-refractivity contribution >= 4 is 54.4 Å². The number of fused-ring (bicyclic) bond motifs is 15. The third-order valence-corrected chi connectivity index (χ3v) is 15.2. The molecule has 59 heavy (non-hydrogen) atoms. The Bertz CT molecular complexity index is 3340. The zero-order valence-electron chi connectivity index (χ0n) is 33.5. The van der Waals surface area contributed by atoms with Crippen LogP contribution in [0.5, 0.6) is 0 Å². The van der Waals surface area contributed by atoms with Crippen molar-refractivity contribution in [2.24, 2.45) is 17.8 Å². The lowest BCUT2D eigenvalue weighted by molar-refractivity contribution is 0.0778. The molecule has 3 aliphatic rings. The Morgan fingerprint density at radius 1 is 0.475 bits per heavy atom. The third-order valence-electron chi connectivity index (χ3n) is 15.2. The lowest BCUT2D eigenvalue weighted by Gasteiger charge is -2.51. The second-order valence-electron chi connectivity index (χ2n) is 18.0. The van der Waals surface area contributed by atoms with E-state index in [2.05, 4.69) is 186 Å². The molecule has 2 saturated carbocycles. The van der Waals surface area contributed by atoms with Gasteiger partial charge >= 0.3 is 0 Å². The standard InChI is InChI=1S/C57H46N2/c1-2-36-29-37-27-28-57(42(30-36)31-37)51-16-8-5-13-45(51)46-24-23-44(35-52(46)57)59-54-18-10-7-15-48(54)50-34-41(21-26-56(50)59)40-20-25-55-49(33-40)47-14-6-9-17-53(47)58(55)43-22-19-38-11-3-4-12-39(38)32-43/h3-26,32-37,42H,2,27-31H2,1H3. The van der Waals surface area contributed by atoms with E-state index < -0.39 is 0 Å². The summed E-state index contributed by atoms with van der Waals surface area (Å²) in [6.45, 7) is 2.42. The number of para-hydroxylation sites is 2. The van der Waals surface area contributed by atoms with Crippen LogP contribution in [-0.2, 0) is 5.41 Å². The molecule has 13 rings (SSSR count). The van der Waals surface area contributed by atoms with Gasteiger partial charge in [0.05, 0.1) is 22.1 Å². The monoisotopic (exact) mass is 758 g/mol. The lowest BCUT2D eigenvalue weighted by Crippen LogP contribution is -2.44. The van der Waals surface area contributed by atoms with Crippen LogP contribution in [0.25, 0.3) is 88.0 Å². The highest BCUT2D eigenvalue weighted by atomic mass is 15.0. The zero-order valence-corrected chi connectivity index (χ0v) is 33.5. The van der Waals surface area contributed by atoms with Crippen molar-refractivity contribution in [3.63, 3.8) is 0 Å². The Labute approximate surface area is 345 Å². The summed E-state index contributed by atoms with van der Waals surface area (Å²) in [6, 6.07) is 64.5. The molecule has 2 aromatic heterocycles. The quantitative estimate of drug-likeness (QED) is 0.169. The molecule has 0 amide bonds. The first-order chi connectivity index (χ1) is 29.2. The van der Waals surface area contributed by atoms with Crippen molar-refractivity contribution in [1.29, 1.82) is 0 Å². The van der Waals surface area contributed by atoms with Crippen LogP contribution in [0.15, 0.2) is 170 Å². The molecule has 0 saturated heterocycles. The first kappa shape index (κ1) is 33.6. The first-order valence-electron chi connectivity index (χ1n) is 22.0. The largest absolute Gasteiger partial charge is 0.309 e. The van der Waals surface area contributed by atoms with Gasteiger partial charge in [-0.25, -0.2) is 0 Å². The van der Waals surface area contributed by atoms with Crippen LogP contribution < -0.4 is 0 Å². The molecule has 0 radical (unpaired) electrons. The zero-order chi connectivity index (χ0) is 38.8. The van der Waals surface area contributed by atoms with Crippen molar-refractivity contribution < 1.29 is 0 Å². The maximum absolute atomic E-state index is 2.62. The van der Waals surface area contributed by atoms with E-state index in [1.165, 1.54) is 127 Å². The Hall–Kier alpha value is -6.38. The Morgan fingerprint density at radius 3 is 1.80 bits per heavy atom. The molecule has 2 bridgehead atoms. The fourth-order valence-electron chi connectivity index (χ4n) is 12.6. The topological polar surface area (TPSA) is 9.86 Å². The van der Waals surface area contributed by atoms with Crippen LogP contribution in [0.1, 0.15) is 56.6 Å². The fraction of sp³-hybridized carbons (Fsp3) is 0.193. The minimum absolute atomic E-state index is 0.105. The summed E-state index contributed by atoms with van der Waals surface area (Å²) < 4.78 is 4.98. The van der Waals surface area contributed by atoms with E-state index in [-0.39, 0.29) is 5.41 Å². The summed E-state index contributed by atoms with van der Waals surface area (Å²) in [5.41, 5.74) is 16.2. The normalized spacial score (nSPS) is 20.9. The van der Waals surface area contributed by atoms with Gasteiger partial charge in [-0.2, -0.15) is 0 Å². The van der Waals surface area contributed by atoms with Crippen LogP contribution in [-0.4, -0.2) is 9.13 Å². The molecular formula is C57H46N2. The second-order valence-corrected chi connectivity index (χ2v) is 18.0. The molecule has 0 N–H and O–H groups in total. The molecule has 4 atom stereocenters. The molecule has 2 fully saturated rings. The van der Waals surface area contributed by atoms with Crippen LogP contribution in [0.3, 0.4) is 0 Å². The molecule has 284 valence electrons. The Kier molecular flexibility index (Phi) is 7.15. The van der Waals surface area contributed by atoms with E-state index in [0.29, 0.717) is 5.92 Å². The number of rotatable bonds is 4. The third kappa shape index (κ3) is 4.75. The van der Waals surface area contributed by atoms with Gasteiger partial charge in [-0.05, 0) is 155 Å². The molecule has 4 unspecified atom stereocenters. The number of benzene rings is 8. The maximum atomic E-state index is 2.62. The molecule has 2 nitrogen and oxygen atoms in total. The van der Waals surface area contributed by atoms with Gasteiger partial charge in [-0.1, -0.05) is 123 Å². The van der Waals surface area contributed by atoms with Crippen LogP contribution >= 0.6 is 0 Å². The maximum Gasteiger partial charge on any atom is 0.0541 e. The Balaban J connectivity index is 0.958. The molecule has 2 heteroatoms.